The lowest BCUT2D eigenvalue weighted by atomic mass is 10.1. The van der Waals surface area contributed by atoms with E-state index in [2.05, 4.69) is 10.6 Å². The van der Waals surface area contributed by atoms with Crippen LogP contribution in [0.4, 0.5) is 10.5 Å². The molecule has 1 aromatic rings. The number of nitrogens with one attached hydrogen (secondary N) is 2. The van der Waals surface area contributed by atoms with Gasteiger partial charge in [-0.3, -0.25) is 0 Å². The third-order valence-electron chi connectivity index (χ3n) is 3.77. The normalized spacial score (nSPS) is 18.6. The fourth-order valence-electron chi connectivity index (χ4n) is 2.53. The zero-order valence-corrected chi connectivity index (χ0v) is 13.8. The molecule has 0 unspecified atom stereocenters. The molecule has 0 radical (unpaired) electrons. The van der Waals surface area contributed by atoms with Gasteiger partial charge in [0.2, 0.25) is 0 Å². The molecule has 128 valence electrons. The number of hydrogen-bond acceptors (Lipinski definition) is 4. The van der Waals surface area contributed by atoms with Gasteiger partial charge in [-0.25, -0.2) is 4.79 Å². The number of carbonyl (C=O) groups is 1. The first-order valence-corrected chi connectivity index (χ1v) is 8.04. The molecule has 1 saturated heterocycles. The SMILES string of the molecule is COCCOCc1cccc(NC(=O)N[C@@H](C)[C@H]2CCCO2)c1. The van der Waals surface area contributed by atoms with E-state index in [1.807, 2.05) is 31.2 Å². The molecular formula is C17H26N2O4. The van der Waals surface area contributed by atoms with Crippen LogP contribution in [0.25, 0.3) is 0 Å². The van der Waals surface area contributed by atoms with Gasteiger partial charge in [0.05, 0.1) is 32.0 Å². The van der Waals surface area contributed by atoms with Crippen LogP contribution < -0.4 is 10.6 Å². The largest absolute Gasteiger partial charge is 0.382 e. The fraction of sp³-hybridized carbons (Fsp3) is 0.588. The Bertz CT molecular complexity index is 489. The lowest BCUT2D eigenvalue weighted by Gasteiger charge is -2.20. The van der Waals surface area contributed by atoms with Gasteiger partial charge in [0.15, 0.2) is 0 Å². The molecule has 1 aliphatic rings. The van der Waals surface area contributed by atoms with Crippen molar-refractivity contribution >= 4 is 11.7 Å². The summed E-state index contributed by atoms with van der Waals surface area (Å²) in [5.41, 5.74) is 1.75. The first-order valence-electron chi connectivity index (χ1n) is 8.04. The van der Waals surface area contributed by atoms with Gasteiger partial charge in [0.25, 0.3) is 0 Å². The van der Waals surface area contributed by atoms with Crippen LogP contribution in [-0.2, 0) is 20.8 Å². The fourth-order valence-corrected chi connectivity index (χ4v) is 2.53. The Hall–Kier alpha value is -1.63. The van der Waals surface area contributed by atoms with Crippen LogP contribution in [0.5, 0.6) is 0 Å². The highest BCUT2D eigenvalue weighted by Gasteiger charge is 2.23. The quantitative estimate of drug-likeness (QED) is 0.722. The average molecular weight is 322 g/mol. The van der Waals surface area contributed by atoms with Crippen molar-refractivity contribution in [3.8, 4) is 0 Å². The van der Waals surface area contributed by atoms with Crippen molar-refractivity contribution in [1.82, 2.24) is 5.32 Å². The highest BCUT2D eigenvalue weighted by molar-refractivity contribution is 5.89. The Labute approximate surface area is 137 Å². The van der Waals surface area contributed by atoms with Gasteiger partial charge in [-0.05, 0) is 37.5 Å². The minimum absolute atomic E-state index is 0.00180. The van der Waals surface area contributed by atoms with E-state index in [1.54, 1.807) is 7.11 Å². The Balaban J connectivity index is 1.78. The molecule has 0 bridgehead atoms. The number of anilines is 1. The van der Waals surface area contributed by atoms with E-state index < -0.39 is 0 Å². The molecule has 2 rings (SSSR count). The molecule has 23 heavy (non-hydrogen) atoms. The zero-order valence-electron chi connectivity index (χ0n) is 13.8. The minimum atomic E-state index is -0.217. The van der Waals surface area contributed by atoms with Crippen LogP contribution in [0, 0.1) is 0 Å². The molecule has 1 heterocycles. The number of hydrogen-bond donors (Lipinski definition) is 2. The monoisotopic (exact) mass is 322 g/mol. The molecule has 1 aromatic carbocycles. The lowest BCUT2D eigenvalue weighted by Crippen LogP contribution is -2.42. The molecule has 6 nitrogen and oxygen atoms in total. The van der Waals surface area contributed by atoms with E-state index in [4.69, 9.17) is 14.2 Å². The third-order valence-corrected chi connectivity index (χ3v) is 3.77. The molecule has 1 aliphatic heterocycles. The van der Waals surface area contributed by atoms with Crippen LogP contribution in [-0.4, -0.2) is 45.1 Å². The third kappa shape index (κ3) is 6.17. The molecule has 2 amide bonds. The lowest BCUT2D eigenvalue weighted by molar-refractivity contribution is 0.0617. The molecule has 0 saturated carbocycles. The van der Waals surface area contributed by atoms with E-state index in [-0.39, 0.29) is 18.2 Å². The van der Waals surface area contributed by atoms with Crippen molar-refractivity contribution < 1.29 is 19.0 Å². The number of carbonyl (C=O) groups excluding carboxylic acids is 1. The minimum Gasteiger partial charge on any atom is -0.382 e. The predicted octanol–water partition coefficient (Wildman–Crippen LogP) is 2.54. The average Bonchev–Trinajstić information content (AvgIpc) is 3.06. The van der Waals surface area contributed by atoms with Crippen molar-refractivity contribution in [3.05, 3.63) is 29.8 Å². The van der Waals surface area contributed by atoms with Gasteiger partial charge in [-0.2, -0.15) is 0 Å². The summed E-state index contributed by atoms with van der Waals surface area (Å²) in [5.74, 6) is 0. The molecule has 2 N–H and O–H groups in total. The number of urea groups is 1. The predicted molar refractivity (Wildman–Crippen MR) is 88.6 cm³/mol. The highest BCUT2D eigenvalue weighted by atomic mass is 16.5. The second kappa shape index (κ2) is 9.50. The van der Waals surface area contributed by atoms with E-state index >= 15 is 0 Å². The molecule has 2 atom stereocenters. The number of amides is 2. The Morgan fingerprint density at radius 1 is 1.43 bits per heavy atom. The maximum absolute atomic E-state index is 12.1. The van der Waals surface area contributed by atoms with Crippen molar-refractivity contribution in [2.75, 3.05) is 32.2 Å². The van der Waals surface area contributed by atoms with Crippen LogP contribution >= 0.6 is 0 Å². The van der Waals surface area contributed by atoms with E-state index in [1.165, 1.54) is 0 Å². The Kier molecular flexibility index (Phi) is 7.32. The van der Waals surface area contributed by atoms with Gasteiger partial charge >= 0.3 is 6.03 Å². The van der Waals surface area contributed by atoms with Crippen molar-refractivity contribution in [1.29, 1.82) is 0 Å². The molecule has 0 aromatic heterocycles. The zero-order chi connectivity index (χ0) is 16.5. The van der Waals surface area contributed by atoms with E-state index in [0.717, 1.165) is 30.7 Å². The second-order valence-corrected chi connectivity index (χ2v) is 5.68. The summed E-state index contributed by atoms with van der Waals surface area (Å²) < 4.78 is 16.0. The van der Waals surface area contributed by atoms with Gasteiger partial charge in [0.1, 0.15) is 0 Å². The van der Waals surface area contributed by atoms with Gasteiger partial charge < -0.3 is 24.8 Å². The van der Waals surface area contributed by atoms with Crippen LogP contribution in [0.2, 0.25) is 0 Å². The number of benzene rings is 1. The summed E-state index contributed by atoms with van der Waals surface area (Å²) in [5, 5.41) is 5.78. The topological polar surface area (TPSA) is 68.8 Å². The second-order valence-electron chi connectivity index (χ2n) is 5.68. The molecule has 0 aliphatic carbocycles. The highest BCUT2D eigenvalue weighted by Crippen LogP contribution is 2.16. The van der Waals surface area contributed by atoms with Gasteiger partial charge in [-0.15, -0.1) is 0 Å². The van der Waals surface area contributed by atoms with Crippen LogP contribution in [0.3, 0.4) is 0 Å². The standard InChI is InChI=1S/C17H26N2O4/c1-13(16-7-4-8-23-16)18-17(20)19-15-6-3-5-14(11-15)12-22-10-9-21-2/h3,5-6,11,13,16H,4,7-10,12H2,1-2H3,(H2,18,19,20)/t13-,16+/m0/s1. The first-order chi connectivity index (χ1) is 11.2. The molecule has 6 heteroatoms. The smallest absolute Gasteiger partial charge is 0.319 e. The van der Waals surface area contributed by atoms with Crippen molar-refractivity contribution in [2.45, 2.75) is 38.5 Å². The number of methoxy groups -OCH3 is 1. The summed E-state index contributed by atoms with van der Waals surface area (Å²) in [4.78, 5) is 12.1. The Morgan fingerprint density at radius 2 is 2.30 bits per heavy atom. The van der Waals surface area contributed by atoms with Crippen LogP contribution in [0.1, 0.15) is 25.3 Å². The first kappa shape index (κ1) is 17.7. The van der Waals surface area contributed by atoms with E-state index in [9.17, 15) is 4.79 Å². The molecular weight excluding hydrogens is 296 g/mol. The van der Waals surface area contributed by atoms with Gasteiger partial charge in [-0.1, -0.05) is 12.1 Å². The van der Waals surface area contributed by atoms with E-state index in [0.29, 0.717) is 19.8 Å². The van der Waals surface area contributed by atoms with Crippen molar-refractivity contribution in [2.24, 2.45) is 0 Å². The summed E-state index contributed by atoms with van der Waals surface area (Å²) in [7, 11) is 1.64. The van der Waals surface area contributed by atoms with Crippen molar-refractivity contribution in [3.63, 3.8) is 0 Å². The summed E-state index contributed by atoms with van der Waals surface area (Å²) in [6.45, 7) is 4.36. The maximum Gasteiger partial charge on any atom is 0.319 e. The summed E-state index contributed by atoms with van der Waals surface area (Å²) in [6, 6.07) is 7.40. The maximum atomic E-state index is 12.1. The molecule has 1 fully saturated rings. The summed E-state index contributed by atoms with van der Waals surface area (Å²) >= 11 is 0. The molecule has 0 spiro atoms. The van der Waals surface area contributed by atoms with Gasteiger partial charge in [0, 0.05) is 19.4 Å². The Morgan fingerprint density at radius 3 is 3.04 bits per heavy atom. The number of rotatable bonds is 8. The summed E-state index contributed by atoms with van der Waals surface area (Å²) in [6.07, 6.45) is 2.17. The van der Waals surface area contributed by atoms with Crippen LogP contribution in [0.15, 0.2) is 24.3 Å². The number of ether oxygens (including phenoxy) is 3.